The fraction of sp³-hybridized carbons (Fsp3) is 0.150. The number of hydrogen-bond donors (Lipinski definition) is 1. The topological polar surface area (TPSA) is 64.0 Å². The first-order valence-electron chi connectivity index (χ1n) is 8.22. The molecule has 1 aromatic heterocycles. The molecular weight excluding hydrogens is 346 g/mol. The van der Waals surface area contributed by atoms with Gasteiger partial charge in [-0.25, -0.2) is 4.98 Å². The lowest BCUT2D eigenvalue weighted by Crippen LogP contribution is -2.31. The number of amides is 1. The number of nitrogens with one attached hydrogen (secondary N) is 1. The summed E-state index contributed by atoms with van der Waals surface area (Å²) in [5.74, 6) is -0.142. The van der Waals surface area contributed by atoms with Gasteiger partial charge < -0.3 is 5.32 Å². The summed E-state index contributed by atoms with van der Waals surface area (Å²) in [6.07, 6.45) is 3.46. The molecule has 0 saturated heterocycles. The fourth-order valence-electron chi connectivity index (χ4n) is 2.58. The number of benzene rings is 2. The van der Waals surface area contributed by atoms with Gasteiger partial charge in [-0.2, -0.15) is 0 Å². The molecule has 6 heteroatoms. The zero-order valence-electron chi connectivity index (χ0n) is 14.4. The minimum atomic E-state index is -0.142. The van der Waals surface area contributed by atoms with E-state index < -0.39 is 0 Å². The number of carbonyl (C=O) groups excluding carboxylic acids is 1. The molecule has 132 valence electrons. The van der Waals surface area contributed by atoms with Crippen molar-refractivity contribution in [1.82, 2.24) is 14.9 Å². The van der Waals surface area contributed by atoms with E-state index >= 15 is 0 Å². The zero-order valence-corrected chi connectivity index (χ0v) is 15.2. The molecule has 0 radical (unpaired) electrons. The Hall–Kier alpha value is -2.86. The number of nitrogens with zero attached hydrogens (tertiary/aromatic N) is 2. The van der Waals surface area contributed by atoms with E-state index in [2.05, 4.69) is 10.3 Å². The Balaban J connectivity index is 1.63. The third-order valence-corrected chi connectivity index (χ3v) is 4.73. The molecule has 1 N–H and O–H groups in total. The third kappa shape index (κ3) is 4.21. The van der Waals surface area contributed by atoms with E-state index in [1.165, 1.54) is 28.7 Å². The van der Waals surface area contributed by atoms with Crippen LogP contribution in [0.15, 0.2) is 76.7 Å². The third-order valence-electron chi connectivity index (χ3n) is 3.94. The summed E-state index contributed by atoms with van der Waals surface area (Å²) in [4.78, 5) is 29.8. The van der Waals surface area contributed by atoms with Crippen molar-refractivity contribution in [2.24, 2.45) is 0 Å². The Labute approximate surface area is 156 Å². The minimum Gasteiger partial charge on any atom is -0.350 e. The van der Waals surface area contributed by atoms with Gasteiger partial charge in [-0.05, 0) is 18.4 Å². The van der Waals surface area contributed by atoms with Crippen molar-refractivity contribution in [3.63, 3.8) is 0 Å². The van der Waals surface area contributed by atoms with Crippen LogP contribution < -0.4 is 10.9 Å². The van der Waals surface area contributed by atoms with Gasteiger partial charge in [-0.3, -0.25) is 14.2 Å². The number of rotatable bonds is 6. The lowest BCUT2D eigenvalue weighted by Gasteiger charge is -2.10. The van der Waals surface area contributed by atoms with Crippen molar-refractivity contribution >= 4 is 17.7 Å². The van der Waals surface area contributed by atoms with E-state index in [-0.39, 0.29) is 11.5 Å². The van der Waals surface area contributed by atoms with Crippen LogP contribution in [0.4, 0.5) is 0 Å². The highest BCUT2D eigenvalue weighted by Crippen LogP contribution is 2.19. The van der Waals surface area contributed by atoms with E-state index in [9.17, 15) is 9.59 Å². The van der Waals surface area contributed by atoms with Crippen LogP contribution in [-0.2, 0) is 6.54 Å². The Bertz CT molecular complexity index is 955. The first kappa shape index (κ1) is 17.9. The molecule has 5 nitrogen and oxygen atoms in total. The summed E-state index contributed by atoms with van der Waals surface area (Å²) in [5.41, 5.74) is 2.05. The van der Waals surface area contributed by atoms with Gasteiger partial charge >= 0.3 is 0 Å². The van der Waals surface area contributed by atoms with Crippen molar-refractivity contribution in [2.45, 2.75) is 11.4 Å². The molecule has 0 fully saturated rings. The molecule has 26 heavy (non-hydrogen) atoms. The Morgan fingerprint density at radius 1 is 1.12 bits per heavy atom. The average molecular weight is 365 g/mol. The van der Waals surface area contributed by atoms with Gasteiger partial charge in [0, 0.05) is 29.6 Å². The number of carbonyl (C=O) groups is 1. The maximum absolute atomic E-state index is 12.3. The van der Waals surface area contributed by atoms with E-state index in [4.69, 9.17) is 0 Å². The van der Waals surface area contributed by atoms with Gasteiger partial charge in [0.1, 0.15) is 0 Å². The Morgan fingerprint density at radius 2 is 1.85 bits per heavy atom. The maximum Gasteiger partial charge on any atom is 0.253 e. The number of aromatic nitrogens is 2. The molecule has 0 unspecified atom stereocenters. The predicted molar refractivity (Wildman–Crippen MR) is 104 cm³/mol. The van der Waals surface area contributed by atoms with Gasteiger partial charge in [0.15, 0.2) is 0 Å². The number of hydrogen-bond acceptors (Lipinski definition) is 4. The lowest BCUT2D eigenvalue weighted by molar-refractivity contribution is 0.0949. The standard InChI is InChI=1S/C20H19N3O2S/c1-26-18-10-6-5-9-16(18)20(25)21-11-12-23-14-22-17(13-19(23)24)15-7-3-2-4-8-15/h2-10,13-14H,11-12H2,1H3,(H,21,25). The van der Waals surface area contributed by atoms with Crippen molar-refractivity contribution < 1.29 is 4.79 Å². The van der Waals surface area contributed by atoms with E-state index in [0.29, 0.717) is 24.3 Å². The average Bonchev–Trinajstić information content (AvgIpc) is 2.69. The quantitative estimate of drug-likeness (QED) is 0.682. The second kappa shape index (κ2) is 8.49. The summed E-state index contributed by atoms with van der Waals surface area (Å²) in [6, 6.07) is 18.5. The van der Waals surface area contributed by atoms with Crippen molar-refractivity contribution in [3.8, 4) is 11.3 Å². The van der Waals surface area contributed by atoms with Crippen LogP contribution >= 0.6 is 11.8 Å². The summed E-state index contributed by atoms with van der Waals surface area (Å²) in [7, 11) is 0. The molecule has 1 heterocycles. The summed E-state index contributed by atoms with van der Waals surface area (Å²) in [5, 5.41) is 2.86. The van der Waals surface area contributed by atoms with Gasteiger partial charge in [0.2, 0.25) is 0 Å². The molecule has 0 aliphatic heterocycles. The first-order chi connectivity index (χ1) is 12.7. The molecule has 0 bridgehead atoms. The molecule has 2 aromatic carbocycles. The second-order valence-corrected chi connectivity index (χ2v) is 6.48. The van der Waals surface area contributed by atoms with Crippen LogP contribution in [0.1, 0.15) is 10.4 Å². The minimum absolute atomic E-state index is 0.141. The SMILES string of the molecule is CSc1ccccc1C(=O)NCCn1cnc(-c2ccccc2)cc1=O. The van der Waals surface area contributed by atoms with Crippen LogP contribution in [-0.4, -0.2) is 28.3 Å². The predicted octanol–water partition coefficient (Wildman–Crippen LogP) is 3.06. The van der Waals surface area contributed by atoms with Crippen LogP contribution in [0.3, 0.4) is 0 Å². The molecule has 0 spiro atoms. The van der Waals surface area contributed by atoms with Crippen LogP contribution in [0.25, 0.3) is 11.3 Å². The highest BCUT2D eigenvalue weighted by atomic mass is 32.2. The first-order valence-corrected chi connectivity index (χ1v) is 9.44. The highest BCUT2D eigenvalue weighted by molar-refractivity contribution is 7.98. The monoisotopic (exact) mass is 365 g/mol. The van der Waals surface area contributed by atoms with E-state index in [1.807, 2.05) is 54.8 Å². The molecule has 0 aliphatic rings. The van der Waals surface area contributed by atoms with Crippen LogP contribution in [0.5, 0.6) is 0 Å². The molecule has 0 atom stereocenters. The van der Waals surface area contributed by atoms with Gasteiger partial charge in [0.25, 0.3) is 11.5 Å². The molecule has 3 rings (SSSR count). The van der Waals surface area contributed by atoms with Crippen LogP contribution in [0.2, 0.25) is 0 Å². The molecule has 0 saturated carbocycles. The Morgan fingerprint density at radius 3 is 2.58 bits per heavy atom. The summed E-state index contributed by atoms with van der Waals surface area (Å²) < 4.78 is 1.49. The molecular formula is C20H19N3O2S. The zero-order chi connectivity index (χ0) is 18.4. The van der Waals surface area contributed by atoms with Crippen molar-refractivity contribution in [2.75, 3.05) is 12.8 Å². The van der Waals surface area contributed by atoms with E-state index in [1.54, 1.807) is 6.07 Å². The largest absolute Gasteiger partial charge is 0.350 e. The smallest absolute Gasteiger partial charge is 0.253 e. The summed E-state index contributed by atoms with van der Waals surface area (Å²) in [6.45, 7) is 0.724. The fourth-order valence-corrected chi connectivity index (χ4v) is 3.17. The second-order valence-electron chi connectivity index (χ2n) is 5.63. The van der Waals surface area contributed by atoms with Gasteiger partial charge in [-0.15, -0.1) is 11.8 Å². The number of thioether (sulfide) groups is 1. The van der Waals surface area contributed by atoms with Gasteiger partial charge in [-0.1, -0.05) is 42.5 Å². The van der Waals surface area contributed by atoms with Crippen LogP contribution in [0, 0.1) is 0 Å². The van der Waals surface area contributed by atoms with Crippen molar-refractivity contribution in [1.29, 1.82) is 0 Å². The van der Waals surface area contributed by atoms with E-state index in [0.717, 1.165) is 10.5 Å². The molecule has 3 aromatic rings. The highest BCUT2D eigenvalue weighted by Gasteiger charge is 2.10. The normalized spacial score (nSPS) is 10.5. The van der Waals surface area contributed by atoms with Crippen molar-refractivity contribution in [3.05, 3.63) is 82.9 Å². The molecule has 0 aliphatic carbocycles. The summed E-state index contributed by atoms with van der Waals surface area (Å²) >= 11 is 1.53. The lowest BCUT2D eigenvalue weighted by atomic mass is 10.1. The van der Waals surface area contributed by atoms with Gasteiger partial charge in [0.05, 0.1) is 17.6 Å². The Kier molecular flexibility index (Phi) is 5.86. The molecule has 1 amide bonds. The maximum atomic E-state index is 12.3.